The Kier molecular flexibility index (Phi) is 3.40. The van der Waals surface area contributed by atoms with Crippen LogP contribution in [-0.4, -0.2) is 11.5 Å². The molecule has 0 aliphatic heterocycles. The van der Waals surface area contributed by atoms with Crippen LogP contribution in [-0.2, 0) is 4.79 Å². The van der Waals surface area contributed by atoms with Gasteiger partial charge >= 0.3 is 0 Å². The predicted molar refractivity (Wildman–Crippen MR) is 55.6 cm³/mol. The van der Waals surface area contributed by atoms with Crippen LogP contribution in [0.15, 0.2) is 29.4 Å². The summed E-state index contributed by atoms with van der Waals surface area (Å²) in [6.07, 6.45) is 0. The number of carbonyl (C=O) groups excluding carboxylic acids is 1. The summed E-state index contributed by atoms with van der Waals surface area (Å²) in [6, 6.07) is 7.47. The molecule has 74 valence electrons. The second kappa shape index (κ2) is 4.56. The van der Waals surface area contributed by atoms with E-state index in [4.69, 9.17) is 4.84 Å². The quantitative estimate of drug-likeness (QED) is 0.543. The Morgan fingerprint density at radius 2 is 1.79 bits per heavy atom. The van der Waals surface area contributed by atoms with Gasteiger partial charge in [0.25, 0.3) is 0 Å². The minimum Gasteiger partial charge on any atom is -0.357 e. The van der Waals surface area contributed by atoms with Gasteiger partial charge in [-0.15, -0.1) is 0 Å². The molecular weight excluding hydrogens is 178 g/mol. The lowest BCUT2D eigenvalue weighted by molar-refractivity contribution is -0.111. The van der Waals surface area contributed by atoms with E-state index in [1.807, 2.05) is 31.2 Å². The summed E-state index contributed by atoms with van der Waals surface area (Å²) in [5.41, 5.74) is 1.52. The van der Waals surface area contributed by atoms with Gasteiger partial charge in [-0.1, -0.05) is 22.9 Å². The molecule has 0 spiro atoms. The highest BCUT2D eigenvalue weighted by atomic mass is 16.6. The number of rotatable bonds is 3. The molecule has 0 radical (unpaired) electrons. The maximum atomic E-state index is 10.8. The van der Waals surface area contributed by atoms with Gasteiger partial charge in [0.15, 0.2) is 11.5 Å². The lowest BCUT2D eigenvalue weighted by Gasteiger charge is -1.99. The zero-order chi connectivity index (χ0) is 10.6. The van der Waals surface area contributed by atoms with Gasteiger partial charge in [0.2, 0.25) is 0 Å². The minimum absolute atomic E-state index is 0.0860. The Morgan fingerprint density at radius 1 is 1.21 bits per heavy atom. The van der Waals surface area contributed by atoms with E-state index in [0.29, 0.717) is 11.5 Å². The Morgan fingerprint density at radius 3 is 2.29 bits per heavy atom. The molecule has 0 N–H and O–H groups in total. The van der Waals surface area contributed by atoms with Gasteiger partial charge in [0.1, 0.15) is 5.71 Å². The lowest BCUT2D eigenvalue weighted by Crippen LogP contribution is -2.05. The smallest absolute Gasteiger partial charge is 0.177 e. The van der Waals surface area contributed by atoms with Crippen LogP contribution in [0.25, 0.3) is 0 Å². The summed E-state index contributed by atoms with van der Waals surface area (Å²) < 4.78 is 0. The average Bonchev–Trinajstić information content (AvgIpc) is 2.16. The molecule has 0 atom stereocenters. The molecule has 0 aliphatic rings. The number of hydrogen-bond donors (Lipinski definition) is 0. The van der Waals surface area contributed by atoms with Crippen molar-refractivity contribution in [3.05, 3.63) is 29.8 Å². The Bertz CT molecular complexity index is 352. The van der Waals surface area contributed by atoms with Gasteiger partial charge in [0, 0.05) is 6.92 Å². The summed E-state index contributed by atoms with van der Waals surface area (Å²) in [4.78, 5) is 15.9. The fraction of sp³-hybridized carbons (Fsp3) is 0.273. The highest BCUT2D eigenvalue weighted by Crippen LogP contribution is 2.11. The summed E-state index contributed by atoms with van der Waals surface area (Å²) >= 11 is 0. The summed E-state index contributed by atoms with van der Waals surface area (Å²) in [7, 11) is 0. The molecule has 3 nitrogen and oxygen atoms in total. The molecule has 0 saturated heterocycles. The van der Waals surface area contributed by atoms with E-state index < -0.39 is 0 Å². The topological polar surface area (TPSA) is 38.7 Å². The number of ketones is 1. The van der Waals surface area contributed by atoms with E-state index in [0.717, 1.165) is 5.56 Å². The van der Waals surface area contributed by atoms with Crippen molar-refractivity contribution in [3.63, 3.8) is 0 Å². The third kappa shape index (κ3) is 3.01. The molecule has 0 bridgehead atoms. The molecule has 0 saturated carbocycles. The van der Waals surface area contributed by atoms with Crippen LogP contribution < -0.4 is 4.84 Å². The van der Waals surface area contributed by atoms with E-state index in [1.165, 1.54) is 6.92 Å². The molecule has 1 aromatic carbocycles. The number of aryl methyl sites for hydroxylation is 1. The van der Waals surface area contributed by atoms with Gasteiger partial charge in [-0.2, -0.15) is 0 Å². The number of oxime groups is 1. The molecule has 0 aromatic heterocycles. The van der Waals surface area contributed by atoms with E-state index in [1.54, 1.807) is 6.92 Å². The first-order valence-electron chi connectivity index (χ1n) is 4.39. The molecule has 14 heavy (non-hydrogen) atoms. The second-order valence-corrected chi connectivity index (χ2v) is 3.14. The van der Waals surface area contributed by atoms with Crippen LogP contribution in [0, 0.1) is 6.92 Å². The Hall–Kier alpha value is -1.64. The van der Waals surface area contributed by atoms with Crippen molar-refractivity contribution in [1.29, 1.82) is 0 Å². The van der Waals surface area contributed by atoms with Crippen molar-refractivity contribution in [3.8, 4) is 5.75 Å². The normalized spacial score (nSPS) is 11.2. The molecule has 0 heterocycles. The Balaban J connectivity index is 2.66. The van der Waals surface area contributed by atoms with Crippen LogP contribution >= 0.6 is 0 Å². The first kappa shape index (κ1) is 10.4. The van der Waals surface area contributed by atoms with Crippen molar-refractivity contribution in [2.24, 2.45) is 5.16 Å². The fourth-order valence-electron chi connectivity index (χ4n) is 0.785. The Labute approximate surface area is 83.4 Å². The summed E-state index contributed by atoms with van der Waals surface area (Å²) in [5, 5.41) is 3.69. The fourth-order valence-corrected chi connectivity index (χ4v) is 0.785. The number of nitrogens with zero attached hydrogens (tertiary/aromatic N) is 1. The molecule has 1 aromatic rings. The average molecular weight is 191 g/mol. The predicted octanol–water partition coefficient (Wildman–Crippen LogP) is 2.34. The van der Waals surface area contributed by atoms with E-state index in [2.05, 4.69) is 5.16 Å². The monoisotopic (exact) mass is 191 g/mol. The highest BCUT2D eigenvalue weighted by molar-refractivity contribution is 6.37. The number of benzene rings is 1. The van der Waals surface area contributed by atoms with E-state index in [9.17, 15) is 4.79 Å². The molecule has 1 rings (SSSR count). The van der Waals surface area contributed by atoms with Crippen molar-refractivity contribution < 1.29 is 9.63 Å². The SMILES string of the molecule is CC(=O)C(C)=NOc1ccc(C)cc1. The molecular formula is C11H13NO2. The number of carbonyl (C=O) groups is 1. The molecule has 0 aliphatic carbocycles. The van der Waals surface area contributed by atoms with E-state index in [-0.39, 0.29) is 5.78 Å². The molecule has 0 unspecified atom stereocenters. The third-order valence-electron chi connectivity index (χ3n) is 1.82. The standard InChI is InChI=1S/C11H13NO2/c1-8-4-6-11(7-5-8)14-12-9(2)10(3)13/h4-7H,1-3H3. The van der Waals surface area contributed by atoms with Crippen molar-refractivity contribution in [1.82, 2.24) is 0 Å². The van der Waals surface area contributed by atoms with E-state index >= 15 is 0 Å². The lowest BCUT2D eigenvalue weighted by atomic mass is 10.2. The second-order valence-electron chi connectivity index (χ2n) is 3.14. The van der Waals surface area contributed by atoms with Crippen LogP contribution in [0.2, 0.25) is 0 Å². The maximum absolute atomic E-state index is 10.8. The van der Waals surface area contributed by atoms with Gasteiger partial charge < -0.3 is 4.84 Å². The maximum Gasteiger partial charge on any atom is 0.177 e. The van der Waals surface area contributed by atoms with Crippen LogP contribution in [0.4, 0.5) is 0 Å². The van der Waals surface area contributed by atoms with Crippen LogP contribution in [0.3, 0.4) is 0 Å². The van der Waals surface area contributed by atoms with Gasteiger partial charge in [-0.25, -0.2) is 0 Å². The highest BCUT2D eigenvalue weighted by Gasteiger charge is 1.98. The summed E-state index contributed by atoms with van der Waals surface area (Å²) in [5.74, 6) is 0.549. The first-order chi connectivity index (χ1) is 6.59. The van der Waals surface area contributed by atoms with Crippen LogP contribution in [0.5, 0.6) is 5.75 Å². The first-order valence-corrected chi connectivity index (χ1v) is 4.39. The molecule has 3 heteroatoms. The van der Waals surface area contributed by atoms with Crippen LogP contribution in [0.1, 0.15) is 19.4 Å². The van der Waals surface area contributed by atoms with Crippen molar-refractivity contribution in [2.45, 2.75) is 20.8 Å². The third-order valence-corrected chi connectivity index (χ3v) is 1.82. The number of hydrogen-bond acceptors (Lipinski definition) is 3. The largest absolute Gasteiger partial charge is 0.357 e. The van der Waals surface area contributed by atoms with Crippen molar-refractivity contribution in [2.75, 3.05) is 0 Å². The number of Topliss-reactive ketones (excluding diaryl/α,β-unsaturated/α-hetero) is 1. The van der Waals surface area contributed by atoms with Gasteiger partial charge in [-0.3, -0.25) is 4.79 Å². The molecule has 0 amide bonds. The molecule has 0 fully saturated rings. The zero-order valence-corrected chi connectivity index (χ0v) is 8.57. The van der Waals surface area contributed by atoms with Gasteiger partial charge in [0.05, 0.1) is 0 Å². The van der Waals surface area contributed by atoms with Gasteiger partial charge in [-0.05, 0) is 26.0 Å². The zero-order valence-electron chi connectivity index (χ0n) is 8.57. The summed E-state index contributed by atoms with van der Waals surface area (Å²) in [6.45, 7) is 5.07. The van der Waals surface area contributed by atoms with Crippen molar-refractivity contribution >= 4 is 11.5 Å². The minimum atomic E-state index is -0.0860.